The number of carbonyl (C=O) groups excluding carboxylic acids is 1. The van der Waals surface area contributed by atoms with E-state index >= 15 is 0 Å². The molecule has 1 rings (SSSR count). The largest absolute Gasteiger partial charge is 0.419 e. The van der Waals surface area contributed by atoms with Gasteiger partial charge < -0.3 is 4.79 Å². The average Bonchev–Trinajstić information content (AvgIpc) is 2.14. The van der Waals surface area contributed by atoms with Crippen LogP contribution in [0.15, 0.2) is 18.2 Å². The molecular formula is C10H8F4O. The quantitative estimate of drug-likeness (QED) is 0.552. The number of carbonyl (C=O) groups is 1. The van der Waals surface area contributed by atoms with Gasteiger partial charge in [0.1, 0.15) is 12.1 Å². The molecule has 0 saturated carbocycles. The fraction of sp³-hybridized carbons (Fsp3) is 0.300. The molecule has 0 amide bonds. The third-order valence-electron chi connectivity index (χ3n) is 2.03. The Balaban J connectivity index is 3.14. The molecule has 0 aliphatic rings. The third-order valence-corrected chi connectivity index (χ3v) is 2.03. The number of hydrogen-bond donors (Lipinski definition) is 0. The second-order valence-electron chi connectivity index (χ2n) is 3.16. The first-order valence-electron chi connectivity index (χ1n) is 4.18. The van der Waals surface area contributed by atoms with Crippen LogP contribution in [0.25, 0.3) is 0 Å². The van der Waals surface area contributed by atoms with Crippen LogP contribution in [0, 0.1) is 5.82 Å². The summed E-state index contributed by atoms with van der Waals surface area (Å²) in [7, 11) is 0. The molecule has 0 bridgehead atoms. The van der Waals surface area contributed by atoms with Crippen molar-refractivity contribution in [1.82, 2.24) is 0 Å². The SMILES string of the molecule is CC(C=O)c1ccc(C(F)(F)F)c(F)c1. The van der Waals surface area contributed by atoms with Gasteiger partial charge in [-0.1, -0.05) is 13.0 Å². The Morgan fingerprint density at radius 1 is 1.33 bits per heavy atom. The zero-order chi connectivity index (χ0) is 11.6. The lowest BCUT2D eigenvalue weighted by molar-refractivity contribution is -0.140. The molecule has 1 nitrogen and oxygen atoms in total. The Morgan fingerprint density at radius 2 is 1.93 bits per heavy atom. The minimum Gasteiger partial charge on any atom is -0.303 e. The van der Waals surface area contributed by atoms with Crippen LogP contribution in [0.1, 0.15) is 24.0 Å². The maximum Gasteiger partial charge on any atom is 0.419 e. The number of alkyl halides is 3. The molecule has 0 N–H and O–H groups in total. The maximum absolute atomic E-state index is 13.0. The first-order valence-corrected chi connectivity index (χ1v) is 4.18. The fourth-order valence-corrected chi connectivity index (χ4v) is 1.12. The van der Waals surface area contributed by atoms with Crippen LogP contribution in [-0.2, 0) is 11.0 Å². The van der Waals surface area contributed by atoms with E-state index in [0.29, 0.717) is 12.4 Å². The van der Waals surface area contributed by atoms with Gasteiger partial charge in [-0.2, -0.15) is 13.2 Å². The van der Waals surface area contributed by atoms with Crippen molar-refractivity contribution in [2.24, 2.45) is 0 Å². The monoisotopic (exact) mass is 220 g/mol. The fourth-order valence-electron chi connectivity index (χ4n) is 1.12. The van der Waals surface area contributed by atoms with Gasteiger partial charge in [-0.25, -0.2) is 4.39 Å². The normalized spacial score (nSPS) is 13.7. The van der Waals surface area contributed by atoms with Gasteiger partial charge in [0.25, 0.3) is 0 Å². The van der Waals surface area contributed by atoms with E-state index in [1.807, 2.05) is 0 Å². The van der Waals surface area contributed by atoms with Crippen LogP contribution in [-0.4, -0.2) is 6.29 Å². The zero-order valence-corrected chi connectivity index (χ0v) is 7.81. The van der Waals surface area contributed by atoms with E-state index in [9.17, 15) is 22.4 Å². The molecular weight excluding hydrogens is 212 g/mol. The van der Waals surface area contributed by atoms with E-state index in [1.165, 1.54) is 6.92 Å². The van der Waals surface area contributed by atoms with E-state index < -0.39 is 23.5 Å². The van der Waals surface area contributed by atoms with Gasteiger partial charge in [0.2, 0.25) is 0 Å². The number of benzene rings is 1. The van der Waals surface area contributed by atoms with E-state index in [0.717, 1.165) is 12.1 Å². The first kappa shape index (κ1) is 11.7. The molecule has 0 saturated heterocycles. The molecule has 15 heavy (non-hydrogen) atoms. The predicted molar refractivity (Wildman–Crippen MR) is 45.9 cm³/mol. The maximum atomic E-state index is 13.0. The van der Waals surface area contributed by atoms with Crippen molar-refractivity contribution >= 4 is 6.29 Å². The molecule has 1 aromatic rings. The smallest absolute Gasteiger partial charge is 0.303 e. The highest BCUT2D eigenvalue weighted by Gasteiger charge is 2.34. The van der Waals surface area contributed by atoms with Crippen molar-refractivity contribution in [3.63, 3.8) is 0 Å². The van der Waals surface area contributed by atoms with Crippen molar-refractivity contribution in [1.29, 1.82) is 0 Å². The van der Waals surface area contributed by atoms with E-state index in [4.69, 9.17) is 0 Å². The molecule has 0 aromatic heterocycles. The summed E-state index contributed by atoms with van der Waals surface area (Å²) in [6, 6.07) is 2.48. The second-order valence-corrected chi connectivity index (χ2v) is 3.16. The van der Waals surface area contributed by atoms with Crippen LogP contribution >= 0.6 is 0 Å². The molecule has 1 atom stereocenters. The minimum absolute atomic E-state index is 0.232. The zero-order valence-electron chi connectivity index (χ0n) is 7.81. The summed E-state index contributed by atoms with van der Waals surface area (Å²) < 4.78 is 49.5. The van der Waals surface area contributed by atoms with Crippen molar-refractivity contribution in [3.05, 3.63) is 35.1 Å². The summed E-state index contributed by atoms with van der Waals surface area (Å²) >= 11 is 0. The lowest BCUT2D eigenvalue weighted by atomic mass is 10.0. The second kappa shape index (κ2) is 4.00. The topological polar surface area (TPSA) is 17.1 Å². The molecule has 0 spiro atoms. The van der Waals surface area contributed by atoms with Crippen LogP contribution in [0.5, 0.6) is 0 Å². The third kappa shape index (κ3) is 2.55. The lowest BCUT2D eigenvalue weighted by Crippen LogP contribution is -2.09. The van der Waals surface area contributed by atoms with Crippen LogP contribution in [0.2, 0.25) is 0 Å². The van der Waals surface area contributed by atoms with Gasteiger partial charge in [0.05, 0.1) is 5.56 Å². The van der Waals surface area contributed by atoms with Crippen LogP contribution in [0.3, 0.4) is 0 Å². The van der Waals surface area contributed by atoms with Gasteiger partial charge in [-0.3, -0.25) is 0 Å². The summed E-state index contributed by atoms with van der Waals surface area (Å²) in [6.45, 7) is 1.48. The summed E-state index contributed by atoms with van der Waals surface area (Å²) in [5, 5.41) is 0. The van der Waals surface area contributed by atoms with Gasteiger partial charge in [-0.05, 0) is 17.7 Å². The van der Waals surface area contributed by atoms with Gasteiger partial charge >= 0.3 is 6.18 Å². The molecule has 0 aliphatic heterocycles. The summed E-state index contributed by atoms with van der Waals surface area (Å²) in [6.07, 6.45) is -4.16. The van der Waals surface area contributed by atoms with Crippen molar-refractivity contribution in [3.8, 4) is 0 Å². The van der Waals surface area contributed by atoms with Gasteiger partial charge in [-0.15, -0.1) is 0 Å². The highest BCUT2D eigenvalue weighted by atomic mass is 19.4. The van der Waals surface area contributed by atoms with E-state index in [-0.39, 0.29) is 5.56 Å². The minimum atomic E-state index is -4.70. The summed E-state index contributed by atoms with van der Waals surface area (Å²) in [4.78, 5) is 10.4. The highest BCUT2D eigenvalue weighted by molar-refractivity contribution is 5.61. The Morgan fingerprint density at radius 3 is 2.33 bits per heavy atom. The molecule has 82 valence electrons. The summed E-state index contributed by atoms with van der Waals surface area (Å²) in [5.41, 5.74) is -1.08. The Kier molecular flexibility index (Phi) is 3.12. The molecule has 0 fully saturated rings. The molecule has 0 aliphatic carbocycles. The molecule has 1 aromatic carbocycles. The van der Waals surface area contributed by atoms with Crippen molar-refractivity contribution in [2.45, 2.75) is 19.0 Å². The van der Waals surface area contributed by atoms with Crippen LogP contribution < -0.4 is 0 Å². The van der Waals surface area contributed by atoms with Crippen molar-refractivity contribution in [2.75, 3.05) is 0 Å². The molecule has 5 heteroatoms. The Hall–Kier alpha value is -1.39. The first-order chi connectivity index (χ1) is 6.86. The Labute approximate surface area is 83.7 Å². The standard InChI is InChI=1S/C10H8F4O/c1-6(5-15)7-2-3-8(9(11)4-7)10(12,13)14/h2-6H,1H3. The number of aldehydes is 1. The molecule has 1 unspecified atom stereocenters. The molecule has 0 heterocycles. The number of rotatable bonds is 2. The Bertz CT molecular complexity index is 370. The summed E-state index contributed by atoms with van der Waals surface area (Å²) in [5.74, 6) is -1.96. The lowest BCUT2D eigenvalue weighted by Gasteiger charge is -2.10. The van der Waals surface area contributed by atoms with Gasteiger partial charge in [0, 0.05) is 5.92 Å². The molecule has 0 radical (unpaired) electrons. The average molecular weight is 220 g/mol. The van der Waals surface area contributed by atoms with Crippen LogP contribution in [0.4, 0.5) is 17.6 Å². The number of hydrogen-bond acceptors (Lipinski definition) is 1. The number of halogens is 4. The van der Waals surface area contributed by atoms with E-state index in [1.54, 1.807) is 0 Å². The predicted octanol–water partition coefficient (Wildman–Crippen LogP) is 3.15. The van der Waals surface area contributed by atoms with E-state index in [2.05, 4.69) is 0 Å². The van der Waals surface area contributed by atoms with Crippen molar-refractivity contribution < 1.29 is 22.4 Å². The van der Waals surface area contributed by atoms with Gasteiger partial charge in [0.15, 0.2) is 0 Å². The highest BCUT2D eigenvalue weighted by Crippen LogP contribution is 2.32.